The van der Waals surface area contributed by atoms with E-state index in [1.165, 1.54) is 5.56 Å². The van der Waals surface area contributed by atoms with Crippen LogP contribution < -0.4 is 4.90 Å². The van der Waals surface area contributed by atoms with E-state index < -0.39 is 5.97 Å². The standard InChI is InChI=1S/C17H26N2O3/c1-14-4-3-5-16(12-14)19(13-15(2)17(20)21)7-6-18-8-10-22-11-9-18/h3-5,12,15H,6-11,13H2,1-2H3,(H,20,21). The molecule has 1 aromatic rings. The number of aliphatic carboxylic acids is 1. The van der Waals surface area contributed by atoms with Crippen LogP contribution in [0.5, 0.6) is 0 Å². The molecule has 5 heteroatoms. The molecule has 0 aliphatic carbocycles. The number of anilines is 1. The number of ether oxygens (including phenoxy) is 1. The van der Waals surface area contributed by atoms with Gasteiger partial charge in [-0.2, -0.15) is 0 Å². The van der Waals surface area contributed by atoms with Gasteiger partial charge in [-0.3, -0.25) is 9.69 Å². The van der Waals surface area contributed by atoms with Gasteiger partial charge in [0.15, 0.2) is 0 Å². The Bertz CT molecular complexity index is 487. The van der Waals surface area contributed by atoms with Crippen LogP contribution in [0.1, 0.15) is 12.5 Å². The molecule has 0 saturated carbocycles. The maximum atomic E-state index is 11.2. The van der Waals surface area contributed by atoms with Crippen molar-refractivity contribution in [1.82, 2.24) is 4.90 Å². The molecule has 0 amide bonds. The molecule has 0 radical (unpaired) electrons. The molecule has 1 fully saturated rings. The first-order valence-electron chi connectivity index (χ1n) is 7.91. The second kappa shape index (κ2) is 8.15. The Balaban J connectivity index is 2.01. The smallest absolute Gasteiger partial charge is 0.308 e. The van der Waals surface area contributed by atoms with Crippen molar-refractivity contribution in [3.05, 3.63) is 29.8 Å². The third kappa shape index (κ3) is 5.00. The summed E-state index contributed by atoms with van der Waals surface area (Å²) in [6.45, 7) is 9.61. The van der Waals surface area contributed by atoms with Crippen LogP contribution in [0.3, 0.4) is 0 Å². The average molecular weight is 306 g/mol. The van der Waals surface area contributed by atoms with E-state index in [1.54, 1.807) is 6.92 Å². The van der Waals surface area contributed by atoms with E-state index in [-0.39, 0.29) is 5.92 Å². The van der Waals surface area contributed by atoms with Gasteiger partial charge in [-0.25, -0.2) is 0 Å². The topological polar surface area (TPSA) is 53.0 Å². The molecule has 122 valence electrons. The van der Waals surface area contributed by atoms with Gasteiger partial charge in [0.05, 0.1) is 19.1 Å². The molecular weight excluding hydrogens is 280 g/mol. The van der Waals surface area contributed by atoms with E-state index in [9.17, 15) is 9.90 Å². The molecule has 0 bridgehead atoms. The molecule has 1 atom stereocenters. The Labute approximate surface area is 132 Å². The van der Waals surface area contributed by atoms with Crippen molar-refractivity contribution < 1.29 is 14.6 Å². The van der Waals surface area contributed by atoms with Crippen molar-refractivity contribution in [1.29, 1.82) is 0 Å². The third-order valence-corrected chi connectivity index (χ3v) is 4.07. The lowest BCUT2D eigenvalue weighted by molar-refractivity contribution is -0.140. The summed E-state index contributed by atoms with van der Waals surface area (Å²) in [5, 5.41) is 9.20. The van der Waals surface area contributed by atoms with E-state index in [0.29, 0.717) is 6.54 Å². The molecule has 1 heterocycles. The number of morpholine rings is 1. The fourth-order valence-electron chi connectivity index (χ4n) is 2.65. The lowest BCUT2D eigenvalue weighted by Crippen LogP contribution is -2.43. The third-order valence-electron chi connectivity index (χ3n) is 4.07. The van der Waals surface area contributed by atoms with Gasteiger partial charge in [-0.05, 0) is 24.6 Å². The summed E-state index contributed by atoms with van der Waals surface area (Å²) < 4.78 is 5.37. The van der Waals surface area contributed by atoms with Crippen LogP contribution in [-0.4, -0.2) is 61.9 Å². The minimum absolute atomic E-state index is 0.384. The lowest BCUT2D eigenvalue weighted by atomic mass is 10.1. The molecule has 1 aliphatic heterocycles. The van der Waals surface area contributed by atoms with Gasteiger partial charge >= 0.3 is 5.97 Å². The monoisotopic (exact) mass is 306 g/mol. The molecule has 1 N–H and O–H groups in total. The van der Waals surface area contributed by atoms with Crippen molar-refractivity contribution in [2.75, 3.05) is 50.8 Å². The summed E-state index contributed by atoms with van der Waals surface area (Å²) >= 11 is 0. The van der Waals surface area contributed by atoms with Crippen molar-refractivity contribution in [3.8, 4) is 0 Å². The van der Waals surface area contributed by atoms with Gasteiger partial charge in [0, 0.05) is 38.4 Å². The number of carboxylic acid groups (broad SMARTS) is 1. The molecule has 1 aliphatic rings. The molecule has 1 aromatic carbocycles. The van der Waals surface area contributed by atoms with Crippen molar-refractivity contribution >= 4 is 11.7 Å². The molecule has 1 saturated heterocycles. The molecular formula is C17H26N2O3. The van der Waals surface area contributed by atoms with Gasteiger partial charge in [0.1, 0.15) is 0 Å². The Hall–Kier alpha value is -1.59. The first kappa shape index (κ1) is 16.8. The first-order valence-corrected chi connectivity index (χ1v) is 7.91. The van der Waals surface area contributed by atoms with E-state index in [2.05, 4.69) is 34.9 Å². The molecule has 2 rings (SSSR count). The molecule has 0 spiro atoms. The fraction of sp³-hybridized carbons (Fsp3) is 0.588. The summed E-state index contributed by atoms with van der Waals surface area (Å²) in [6, 6.07) is 8.26. The van der Waals surface area contributed by atoms with Crippen LogP contribution in [0.25, 0.3) is 0 Å². The van der Waals surface area contributed by atoms with E-state index in [4.69, 9.17) is 4.74 Å². The van der Waals surface area contributed by atoms with Gasteiger partial charge < -0.3 is 14.7 Å². The van der Waals surface area contributed by atoms with Crippen molar-refractivity contribution in [2.24, 2.45) is 5.92 Å². The van der Waals surface area contributed by atoms with Gasteiger partial charge in [-0.1, -0.05) is 19.1 Å². The Morgan fingerprint density at radius 1 is 1.41 bits per heavy atom. The van der Waals surface area contributed by atoms with Crippen molar-refractivity contribution in [3.63, 3.8) is 0 Å². The number of aryl methyl sites for hydroxylation is 1. The van der Waals surface area contributed by atoms with E-state index >= 15 is 0 Å². The van der Waals surface area contributed by atoms with Gasteiger partial charge in [0.25, 0.3) is 0 Å². The summed E-state index contributed by atoms with van der Waals surface area (Å²) in [5.74, 6) is -1.13. The summed E-state index contributed by atoms with van der Waals surface area (Å²) in [6.07, 6.45) is 0. The average Bonchev–Trinajstić information content (AvgIpc) is 2.52. The number of carbonyl (C=O) groups is 1. The zero-order chi connectivity index (χ0) is 15.9. The Kier molecular flexibility index (Phi) is 6.21. The van der Waals surface area contributed by atoms with Crippen LogP contribution in [-0.2, 0) is 9.53 Å². The SMILES string of the molecule is Cc1cccc(N(CCN2CCOCC2)CC(C)C(=O)O)c1. The summed E-state index contributed by atoms with van der Waals surface area (Å²) in [4.78, 5) is 15.7. The maximum Gasteiger partial charge on any atom is 0.308 e. The fourth-order valence-corrected chi connectivity index (χ4v) is 2.65. The largest absolute Gasteiger partial charge is 0.481 e. The molecule has 0 aromatic heterocycles. The van der Waals surface area contributed by atoms with Gasteiger partial charge in [-0.15, -0.1) is 0 Å². The molecule has 5 nitrogen and oxygen atoms in total. The van der Waals surface area contributed by atoms with E-state index in [1.807, 2.05) is 6.07 Å². The number of carboxylic acids is 1. The minimum Gasteiger partial charge on any atom is -0.481 e. The highest BCUT2D eigenvalue weighted by molar-refractivity contribution is 5.70. The van der Waals surface area contributed by atoms with Gasteiger partial charge in [0.2, 0.25) is 0 Å². The Morgan fingerprint density at radius 3 is 2.77 bits per heavy atom. The highest BCUT2D eigenvalue weighted by Gasteiger charge is 2.18. The molecule has 1 unspecified atom stereocenters. The summed E-state index contributed by atoms with van der Waals surface area (Å²) in [5.41, 5.74) is 2.29. The van der Waals surface area contributed by atoms with Crippen molar-refractivity contribution in [2.45, 2.75) is 13.8 Å². The predicted octanol–water partition coefficient (Wildman–Crippen LogP) is 1.85. The van der Waals surface area contributed by atoms with Crippen LogP contribution in [0, 0.1) is 12.8 Å². The molecule has 22 heavy (non-hydrogen) atoms. The number of benzene rings is 1. The quantitative estimate of drug-likeness (QED) is 0.833. The van der Waals surface area contributed by atoms with E-state index in [0.717, 1.165) is 45.1 Å². The van der Waals surface area contributed by atoms with Crippen LogP contribution >= 0.6 is 0 Å². The number of hydrogen-bond donors (Lipinski definition) is 1. The number of nitrogens with zero attached hydrogens (tertiary/aromatic N) is 2. The Morgan fingerprint density at radius 2 is 2.14 bits per heavy atom. The predicted molar refractivity (Wildman–Crippen MR) is 87.5 cm³/mol. The number of rotatable bonds is 7. The zero-order valence-electron chi connectivity index (χ0n) is 13.5. The highest BCUT2D eigenvalue weighted by atomic mass is 16.5. The second-order valence-corrected chi connectivity index (χ2v) is 5.98. The normalized spacial score (nSPS) is 17.2. The summed E-state index contributed by atoms with van der Waals surface area (Å²) in [7, 11) is 0. The highest BCUT2D eigenvalue weighted by Crippen LogP contribution is 2.17. The first-order chi connectivity index (χ1) is 10.6. The van der Waals surface area contributed by atoms with Crippen LogP contribution in [0.2, 0.25) is 0 Å². The van der Waals surface area contributed by atoms with Crippen LogP contribution in [0.4, 0.5) is 5.69 Å². The minimum atomic E-state index is -0.746. The lowest BCUT2D eigenvalue weighted by Gasteiger charge is -2.32. The maximum absolute atomic E-state index is 11.2. The number of hydrogen-bond acceptors (Lipinski definition) is 4. The zero-order valence-corrected chi connectivity index (χ0v) is 13.5. The van der Waals surface area contributed by atoms with Crippen LogP contribution in [0.15, 0.2) is 24.3 Å². The second-order valence-electron chi connectivity index (χ2n) is 5.98.